The highest BCUT2D eigenvalue weighted by atomic mass is 16.5. The molecule has 1 saturated carbocycles. The summed E-state index contributed by atoms with van der Waals surface area (Å²) in [6.07, 6.45) is 2.06. The number of methoxy groups -OCH3 is 1. The van der Waals surface area contributed by atoms with Crippen molar-refractivity contribution in [1.82, 2.24) is 0 Å². The molecule has 0 saturated heterocycles. The Morgan fingerprint density at radius 3 is 2.69 bits per heavy atom. The van der Waals surface area contributed by atoms with Crippen LogP contribution in [0.2, 0.25) is 0 Å². The van der Waals surface area contributed by atoms with Crippen molar-refractivity contribution in [3.63, 3.8) is 0 Å². The van der Waals surface area contributed by atoms with E-state index in [4.69, 9.17) is 9.47 Å². The fraction of sp³-hybridized carbons (Fsp3) is 0.538. The van der Waals surface area contributed by atoms with E-state index < -0.39 is 6.10 Å². The van der Waals surface area contributed by atoms with Crippen molar-refractivity contribution >= 4 is 0 Å². The van der Waals surface area contributed by atoms with Gasteiger partial charge in [-0.3, -0.25) is 0 Å². The van der Waals surface area contributed by atoms with Gasteiger partial charge in [0.05, 0.1) is 19.8 Å². The summed E-state index contributed by atoms with van der Waals surface area (Å²) in [4.78, 5) is 0. The third kappa shape index (κ3) is 2.67. The molecule has 1 atom stereocenters. The van der Waals surface area contributed by atoms with E-state index in [1.807, 2.05) is 18.2 Å². The van der Waals surface area contributed by atoms with Crippen LogP contribution in [0.3, 0.4) is 0 Å². The zero-order valence-electron chi connectivity index (χ0n) is 9.77. The number of ether oxygens (including phenoxy) is 2. The summed E-state index contributed by atoms with van der Waals surface area (Å²) in [5.41, 5.74) is 0.843. The summed E-state index contributed by atoms with van der Waals surface area (Å²) in [7, 11) is 1.62. The molecule has 0 bridgehead atoms. The van der Waals surface area contributed by atoms with Crippen LogP contribution in [0.15, 0.2) is 18.2 Å². The number of hydrogen-bond acceptors (Lipinski definition) is 3. The first-order chi connectivity index (χ1) is 7.70. The summed E-state index contributed by atoms with van der Waals surface area (Å²) in [5.74, 6) is 2.18. The largest absolute Gasteiger partial charge is 0.493 e. The quantitative estimate of drug-likeness (QED) is 0.832. The van der Waals surface area contributed by atoms with Crippen molar-refractivity contribution in [2.45, 2.75) is 25.9 Å². The average Bonchev–Trinajstić information content (AvgIpc) is 3.09. The first-order valence-electron chi connectivity index (χ1n) is 5.69. The third-order valence-corrected chi connectivity index (χ3v) is 2.84. The SMILES string of the molecule is COc1cc([C@@H](C)O)ccc1OCC1CC1. The zero-order valence-corrected chi connectivity index (χ0v) is 9.77. The molecular weight excluding hydrogens is 204 g/mol. The van der Waals surface area contributed by atoms with Crippen molar-refractivity contribution in [1.29, 1.82) is 0 Å². The van der Waals surface area contributed by atoms with Gasteiger partial charge in [-0.2, -0.15) is 0 Å². The minimum atomic E-state index is -0.480. The van der Waals surface area contributed by atoms with Crippen LogP contribution in [0.1, 0.15) is 31.4 Å². The Morgan fingerprint density at radius 2 is 2.12 bits per heavy atom. The molecule has 0 aliphatic heterocycles. The summed E-state index contributed by atoms with van der Waals surface area (Å²) in [5, 5.41) is 9.47. The summed E-state index contributed by atoms with van der Waals surface area (Å²) in [6, 6.07) is 5.56. The lowest BCUT2D eigenvalue weighted by molar-refractivity contribution is 0.198. The molecule has 3 nitrogen and oxygen atoms in total. The van der Waals surface area contributed by atoms with Crippen LogP contribution in [0.5, 0.6) is 11.5 Å². The number of benzene rings is 1. The molecule has 0 heterocycles. The van der Waals surface area contributed by atoms with E-state index >= 15 is 0 Å². The fourth-order valence-electron chi connectivity index (χ4n) is 1.56. The lowest BCUT2D eigenvalue weighted by atomic mass is 10.1. The number of aliphatic hydroxyl groups is 1. The van der Waals surface area contributed by atoms with Gasteiger partial charge in [0.15, 0.2) is 11.5 Å². The molecule has 1 N–H and O–H groups in total. The van der Waals surface area contributed by atoms with Crippen molar-refractivity contribution < 1.29 is 14.6 Å². The first-order valence-corrected chi connectivity index (χ1v) is 5.69. The van der Waals surface area contributed by atoms with Crippen molar-refractivity contribution in [2.24, 2.45) is 5.92 Å². The van der Waals surface area contributed by atoms with Crippen LogP contribution in [-0.4, -0.2) is 18.8 Å². The topological polar surface area (TPSA) is 38.7 Å². The smallest absolute Gasteiger partial charge is 0.161 e. The highest BCUT2D eigenvalue weighted by Crippen LogP contribution is 2.34. The molecule has 0 spiro atoms. The van der Waals surface area contributed by atoms with Gasteiger partial charge in [-0.15, -0.1) is 0 Å². The van der Waals surface area contributed by atoms with Gasteiger partial charge in [0.25, 0.3) is 0 Å². The molecule has 1 aromatic rings. The minimum Gasteiger partial charge on any atom is -0.493 e. The van der Waals surface area contributed by atoms with E-state index in [0.29, 0.717) is 5.75 Å². The van der Waals surface area contributed by atoms with E-state index in [2.05, 4.69) is 0 Å². The van der Waals surface area contributed by atoms with Gasteiger partial charge in [0.2, 0.25) is 0 Å². The Labute approximate surface area is 96.0 Å². The molecule has 1 fully saturated rings. The molecule has 1 aromatic carbocycles. The van der Waals surface area contributed by atoms with Crippen LogP contribution < -0.4 is 9.47 Å². The molecule has 16 heavy (non-hydrogen) atoms. The van der Waals surface area contributed by atoms with Crippen molar-refractivity contribution in [2.75, 3.05) is 13.7 Å². The predicted octanol–water partition coefficient (Wildman–Crippen LogP) is 2.54. The molecule has 2 rings (SSSR count). The summed E-state index contributed by atoms with van der Waals surface area (Å²) >= 11 is 0. The van der Waals surface area contributed by atoms with Gasteiger partial charge in [-0.25, -0.2) is 0 Å². The van der Waals surface area contributed by atoms with Gasteiger partial charge in [0, 0.05) is 0 Å². The Balaban J connectivity index is 2.09. The molecule has 0 amide bonds. The highest BCUT2D eigenvalue weighted by molar-refractivity contribution is 5.43. The fourth-order valence-corrected chi connectivity index (χ4v) is 1.56. The highest BCUT2D eigenvalue weighted by Gasteiger charge is 2.22. The van der Waals surface area contributed by atoms with E-state index in [1.165, 1.54) is 12.8 Å². The van der Waals surface area contributed by atoms with Gasteiger partial charge >= 0.3 is 0 Å². The van der Waals surface area contributed by atoms with E-state index in [1.54, 1.807) is 14.0 Å². The molecule has 0 aromatic heterocycles. The maximum Gasteiger partial charge on any atom is 0.161 e. The normalized spacial score (nSPS) is 16.9. The molecule has 0 radical (unpaired) electrons. The Bertz CT molecular complexity index is 356. The van der Waals surface area contributed by atoms with Gasteiger partial charge in [0.1, 0.15) is 0 Å². The lowest BCUT2D eigenvalue weighted by Gasteiger charge is -2.13. The van der Waals surface area contributed by atoms with Crippen molar-refractivity contribution in [3.05, 3.63) is 23.8 Å². The summed E-state index contributed by atoms with van der Waals surface area (Å²) in [6.45, 7) is 2.50. The maximum atomic E-state index is 9.47. The first kappa shape index (κ1) is 11.3. The second kappa shape index (κ2) is 4.74. The van der Waals surface area contributed by atoms with E-state index in [-0.39, 0.29) is 0 Å². The third-order valence-electron chi connectivity index (χ3n) is 2.84. The van der Waals surface area contributed by atoms with E-state index in [0.717, 1.165) is 23.8 Å². The minimum absolute atomic E-state index is 0.480. The second-order valence-corrected chi connectivity index (χ2v) is 4.34. The van der Waals surface area contributed by atoms with Crippen molar-refractivity contribution in [3.8, 4) is 11.5 Å². The molecule has 1 aliphatic rings. The van der Waals surface area contributed by atoms with Crippen LogP contribution in [0.25, 0.3) is 0 Å². The molecule has 1 aliphatic carbocycles. The van der Waals surface area contributed by atoms with Crippen LogP contribution >= 0.6 is 0 Å². The lowest BCUT2D eigenvalue weighted by Crippen LogP contribution is -2.01. The molecule has 0 unspecified atom stereocenters. The predicted molar refractivity (Wildman–Crippen MR) is 61.8 cm³/mol. The van der Waals surface area contributed by atoms with Gasteiger partial charge in [-0.05, 0) is 43.4 Å². The zero-order chi connectivity index (χ0) is 11.5. The average molecular weight is 222 g/mol. The maximum absolute atomic E-state index is 9.47. The Morgan fingerprint density at radius 1 is 1.38 bits per heavy atom. The monoisotopic (exact) mass is 222 g/mol. The molecular formula is C13H18O3. The number of rotatable bonds is 5. The second-order valence-electron chi connectivity index (χ2n) is 4.34. The number of aliphatic hydroxyl groups excluding tert-OH is 1. The van der Waals surface area contributed by atoms with E-state index in [9.17, 15) is 5.11 Å². The van der Waals surface area contributed by atoms with Crippen LogP contribution in [-0.2, 0) is 0 Å². The van der Waals surface area contributed by atoms with Gasteiger partial charge < -0.3 is 14.6 Å². The van der Waals surface area contributed by atoms with Crippen LogP contribution in [0, 0.1) is 5.92 Å². The Hall–Kier alpha value is -1.22. The standard InChI is InChI=1S/C13H18O3/c1-9(14)11-5-6-12(13(7-11)15-2)16-8-10-3-4-10/h5-7,9-10,14H,3-4,8H2,1-2H3/t9-/m1/s1. The summed E-state index contributed by atoms with van der Waals surface area (Å²) < 4.78 is 10.9. The number of hydrogen-bond donors (Lipinski definition) is 1. The Kier molecular flexibility index (Phi) is 3.34. The molecule has 88 valence electrons. The van der Waals surface area contributed by atoms with Crippen LogP contribution in [0.4, 0.5) is 0 Å². The molecule has 3 heteroatoms. The van der Waals surface area contributed by atoms with Gasteiger partial charge in [-0.1, -0.05) is 6.07 Å².